The van der Waals surface area contributed by atoms with E-state index in [9.17, 15) is 0 Å². The van der Waals surface area contributed by atoms with Gasteiger partial charge in [0.2, 0.25) is 5.89 Å². The highest BCUT2D eigenvalue weighted by Crippen LogP contribution is 2.22. The summed E-state index contributed by atoms with van der Waals surface area (Å²) in [5, 5.41) is 3.97. The Labute approximate surface area is 117 Å². The van der Waals surface area contributed by atoms with Crippen molar-refractivity contribution in [2.75, 3.05) is 0 Å². The SMILES string of the molecule is CC(C)C[C@H](N)c1nc(CSc2ccccc2)no1. The number of nitrogens with two attached hydrogens (primary N) is 1. The molecule has 0 aliphatic carbocycles. The van der Waals surface area contributed by atoms with Crippen LogP contribution in [0.1, 0.15) is 38.0 Å². The van der Waals surface area contributed by atoms with Gasteiger partial charge >= 0.3 is 0 Å². The van der Waals surface area contributed by atoms with Crippen LogP contribution in [-0.2, 0) is 5.75 Å². The first-order valence-corrected chi connectivity index (χ1v) is 7.39. The van der Waals surface area contributed by atoms with E-state index >= 15 is 0 Å². The third kappa shape index (κ3) is 4.36. The Balaban J connectivity index is 1.90. The zero-order valence-corrected chi connectivity index (χ0v) is 12.1. The second-order valence-electron chi connectivity index (χ2n) is 4.89. The number of thioether (sulfide) groups is 1. The molecule has 0 radical (unpaired) electrons. The zero-order chi connectivity index (χ0) is 13.7. The Kier molecular flexibility index (Phi) is 4.99. The minimum atomic E-state index is -0.164. The molecule has 19 heavy (non-hydrogen) atoms. The molecule has 0 saturated carbocycles. The fourth-order valence-corrected chi connectivity index (χ4v) is 2.51. The molecule has 2 aromatic rings. The van der Waals surface area contributed by atoms with Gasteiger partial charge in [0, 0.05) is 4.90 Å². The number of hydrogen-bond donors (Lipinski definition) is 1. The summed E-state index contributed by atoms with van der Waals surface area (Å²) in [5.74, 6) is 2.45. The number of aromatic nitrogens is 2. The van der Waals surface area contributed by atoms with Gasteiger partial charge in [0.05, 0.1) is 11.8 Å². The molecule has 4 nitrogen and oxygen atoms in total. The molecule has 1 aromatic heterocycles. The van der Waals surface area contributed by atoms with E-state index in [1.807, 2.05) is 18.2 Å². The van der Waals surface area contributed by atoms with E-state index in [4.69, 9.17) is 10.3 Å². The van der Waals surface area contributed by atoms with Gasteiger partial charge < -0.3 is 10.3 Å². The second-order valence-corrected chi connectivity index (χ2v) is 5.94. The Morgan fingerprint density at radius 2 is 2.00 bits per heavy atom. The highest BCUT2D eigenvalue weighted by molar-refractivity contribution is 7.98. The standard InChI is InChI=1S/C14H19N3OS/c1-10(2)8-12(15)14-16-13(17-18-14)9-19-11-6-4-3-5-7-11/h3-7,10,12H,8-9,15H2,1-2H3/t12-/m0/s1. The third-order valence-electron chi connectivity index (χ3n) is 2.64. The minimum Gasteiger partial charge on any atom is -0.338 e. The van der Waals surface area contributed by atoms with Crippen LogP contribution in [0.25, 0.3) is 0 Å². The molecule has 1 aromatic carbocycles. The van der Waals surface area contributed by atoms with E-state index in [1.54, 1.807) is 11.8 Å². The summed E-state index contributed by atoms with van der Waals surface area (Å²) in [6.07, 6.45) is 0.855. The van der Waals surface area contributed by atoms with Crippen LogP contribution in [-0.4, -0.2) is 10.1 Å². The molecule has 0 aliphatic heterocycles. The number of nitrogens with zero attached hydrogens (tertiary/aromatic N) is 2. The summed E-state index contributed by atoms with van der Waals surface area (Å²) < 4.78 is 5.22. The second kappa shape index (κ2) is 6.73. The quantitative estimate of drug-likeness (QED) is 0.820. The Morgan fingerprint density at radius 3 is 2.68 bits per heavy atom. The van der Waals surface area contributed by atoms with Crippen molar-refractivity contribution in [3.8, 4) is 0 Å². The van der Waals surface area contributed by atoms with Crippen LogP contribution in [0.3, 0.4) is 0 Å². The van der Waals surface area contributed by atoms with Crippen LogP contribution < -0.4 is 5.73 Å². The van der Waals surface area contributed by atoms with Crippen molar-refractivity contribution in [3.05, 3.63) is 42.0 Å². The molecule has 1 atom stereocenters. The van der Waals surface area contributed by atoms with Gasteiger partial charge in [-0.25, -0.2) is 0 Å². The van der Waals surface area contributed by atoms with Gasteiger partial charge in [0.1, 0.15) is 0 Å². The Morgan fingerprint density at radius 1 is 1.26 bits per heavy atom. The van der Waals surface area contributed by atoms with Crippen LogP contribution in [0.4, 0.5) is 0 Å². The van der Waals surface area contributed by atoms with Gasteiger partial charge in [-0.3, -0.25) is 0 Å². The van der Waals surface area contributed by atoms with Crippen molar-refractivity contribution in [2.45, 2.75) is 37.0 Å². The van der Waals surface area contributed by atoms with Crippen LogP contribution in [0.2, 0.25) is 0 Å². The van der Waals surface area contributed by atoms with Crippen molar-refractivity contribution in [1.29, 1.82) is 0 Å². The monoisotopic (exact) mass is 277 g/mol. The predicted octanol–water partition coefficient (Wildman–Crippen LogP) is 3.41. The Bertz CT molecular complexity index is 498. The van der Waals surface area contributed by atoms with Crippen LogP contribution in [0.15, 0.2) is 39.8 Å². The van der Waals surface area contributed by atoms with Crippen molar-refractivity contribution in [3.63, 3.8) is 0 Å². The third-order valence-corrected chi connectivity index (χ3v) is 3.65. The molecule has 0 unspecified atom stereocenters. The first-order valence-electron chi connectivity index (χ1n) is 6.41. The van der Waals surface area contributed by atoms with E-state index in [1.165, 1.54) is 4.90 Å². The van der Waals surface area contributed by atoms with Crippen LogP contribution in [0, 0.1) is 5.92 Å². The summed E-state index contributed by atoms with van der Waals surface area (Å²) in [6.45, 7) is 4.25. The molecule has 102 valence electrons. The predicted molar refractivity (Wildman–Crippen MR) is 76.7 cm³/mol. The van der Waals surface area contributed by atoms with E-state index in [2.05, 4.69) is 36.1 Å². The topological polar surface area (TPSA) is 64.9 Å². The molecule has 2 N–H and O–H groups in total. The molecule has 0 amide bonds. The molecule has 0 saturated heterocycles. The number of hydrogen-bond acceptors (Lipinski definition) is 5. The maximum atomic E-state index is 6.01. The zero-order valence-electron chi connectivity index (χ0n) is 11.2. The summed E-state index contributed by atoms with van der Waals surface area (Å²) in [5.41, 5.74) is 6.01. The lowest BCUT2D eigenvalue weighted by Gasteiger charge is -2.08. The molecule has 1 heterocycles. The van der Waals surface area contributed by atoms with E-state index in [0.717, 1.165) is 6.42 Å². The van der Waals surface area contributed by atoms with Gasteiger partial charge in [-0.15, -0.1) is 11.8 Å². The molecule has 0 spiro atoms. The minimum absolute atomic E-state index is 0.164. The van der Waals surface area contributed by atoms with Gasteiger partial charge in [-0.1, -0.05) is 37.2 Å². The summed E-state index contributed by atoms with van der Waals surface area (Å²) in [6, 6.07) is 10.0. The smallest absolute Gasteiger partial charge is 0.243 e. The van der Waals surface area contributed by atoms with Gasteiger partial charge in [0.15, 0.2) is 5.82 Å². The number of benzene rings is 1. The normalized spacial score (nSPS) is 12.8. The first kappa shape index (κ1) is 14.1. The lowest BCUT2D eigenvalue weighted by Crippen LogP contribution is -2.13. The van der Waals surface area contributed by atoms with Crippen LogP contribution in [0.5, 0.6) is 0 Å². The summed E-state index contributed by atoms with van der Waals surface area (Å²) in [7, 11) is 0. The number of rotatable bonds is 6. The molecule has 0 aliphatic rings. The van der Waals surface area contributed by atoms with Crippen molar-refractivity contribution in [2.24, 2.45) is 11.7 Å². The van der Waals surface area contributed by atoms with Crippen molar-refractivity contribution < 1.29 is 4.52 Å². The van der Waals surface area contributed by atoms with Crippen molar-refractivity contribution in [1.82, 2.24) is 10.1 Å². The molecular formula is C14H19N3OS. The molecule has 5 heteroatoms. The highest BCUT2D eigenvalue weighted by Gasteiger charge is 2.16. The maximum Gasteiger partial charge on any atom is 0.243 e. The van der Waals surface area contributed by atoms with Crippen LogP contribution >= 0.6 is 11.8 Å². The molecule has 2 rings (SSSR count). The maximum absolute atomic E-state index is 6.01. The lowest BCUT2D eigenvalue weighted by molar-refractivity contribution is 0.333. The molecular weight excluding hydrogens is 258 g/mol. The highest BCUT2D eigenvalue weighted by atomic mass is 32.2. The summed E-state index contributed by atoms with van der Waals surface area (Å²) in [4.78, 5) is 5.55. The lowest BCUT2D eigenvalue weighted by atomic mass is 10.0. The average Bonchev–Trinajstić information content (AvgIpc) is 2.86. The Hall–Kier alpha value is -1.33. The van der Waals surface area contributed by atoms with E-state index < -0.39 is 0 Å². The fraction of sp³-hybridized carbons (Fsp3) is 0.429. The summed E-state index contributed by atoms with van der Waals surface area (Å²) >= 11 is 1.69. The fourth-order valence-electron chi connectivity index (χ4n) is 1.75. The molecule has 0 fully saturated rings. The van der Waals surface area contributed by atoms with Crippen molar-refractivity contribution >= 4 is 11.8 Å². The van der Waals surface area contributed by atoms with Gasteiger partial charge in [0.25, 0.3) is 0 Å². The van der Waals surface area contributed by atoms with Gasteiger partial charge in [-0.2, -0.15) is 4.98 Å². The van der Waals surface area contributed by atoms with Gasteiger partial charge in [-0.05, 0) is 24.5 Å². The van der Waals surface area contributed by atoms with E-state index in [-0.39, 0.29) is 6.04 Å². The molecule has 0 bridgehead atoms. The largest absolute Gasteiger partial charge is 0.338 e. The van der Waals surface area contributed by atoms with E-state index in [0.29, 0.717) is 23.4 Å². The average molecular weight is 277 g/mol. The first-order chi connectivity index (χ1) is 9.15.